The van der Waals surface area contributed by atoms with Crippen molar-refractivity contribution in [2.75, 3.05) is 17.2 Å². The van der Waals surface area contributed by atoms with Crippen LogP contribution < -0.4 is 15.4 Å². The van der Waals surface area contributed by atoms with Gasteiger partial charge in [0.1, 0.15) is 12.1 Å². The van der Waals surface area contributed by atoms with Gasteiger partial charge in [-0.05, 0) is 30.7 Å². The number of aromatic nitrogens is 3. The summed E-state index contributed by atoms with van der Waals surface area (Å²) in [5.41, 5.74) is 0.399. The van der Waals surface area contributed by atoms with E-state index in [1.165, 1.54) is 17.7 Å². The second kappa shape index (κ2) is 8.90. The molecule has 27 heavy (non-hydrogen) atoms. The smallest absolute Gasteiger partial charge is 0.353 e. The summed E-state index contributed by atoms with van der Waals surface area (Å²) in [7, 11) is 0. The Kier molecular flexibility index (Phi) is 6.10. The average Bonchev–Trinajstić information content (AvgIpc) is 3.16. The van der Waals surface area contributed by atoms with Gasteiger partial charge < -0.3 is 15.4 Å². The third-order valence-electron chi connectivity index (χ3n) is 3.55. The summed E-state index contributed by atoms with van der Waals surface area (Å²) in [5.74, 6) is 0.915. The van der Waals surface area contributed by atoms with Crippen LogP contribution >= 0.6 is 11.3 Å². The van der Waals surface area contributed by atoms with Crippen LogP contribution in [-0.4, -0.2) is 26.5 Å². The maximum atomic E-state index is 11.6. The van der Waals surface area contributed by atoms with Crippen LogP contribution in [0.25, 0.3) is 0 Å². The minimum atomic E-state index is -0.527. The molecule has 10 heteroatoms. The Balaban J connectivity index is 1.78. The van der Waals surface area contributed by atoms with Crippen molar-refractivity contribution in [2.24, 2.45) is 0 Å². The molecule has 0 aliphatic heterocycles. The highest BCUT2D eigenvalue weighted by Gasteiger charge is 2.23. The average molecular weight is 386 g/mol. The monoisotopic (exact) mass is 386 g/mol. The number of nitrogens with one attached hydrogen (secondary N) is 2. The summed E-state index contributed by atoms with van der Waals surface area (Å²) in [6.45, 7) is 2.76. The van der Waals surface area contributed by atoms with Crippen LogP contribution in [0.3, 0.4) is 0 Å². The van der Waals surface area contributed by atoms with Gasteiger partial charge in [-0.25, -0.2) is 15.0 Å². The highest BCUT2D eigenvalue weighted by molar-refractivity contribution is 7.13. The molecule has 0 unspecified atom stereocenters. The highest BCUT2D eigenvalue weighted by Crippen LogP contribution is 2.33. The molecule has 1 aromatic carbocycles. The van der Waals surface area contributed by atoms with Gasteiger partial charge in [0, 0.05) is 17.3 Å². The minimum Gasteiger partial charge on any atom is -0.494 e. The molecule has 0 saturated heterocycles. The third-order valence-corrected chi connectivity index (χ3v) is 4.23. The van der Waals surface area contributed by atoms with E-state index in [4.69, 9.17) is 4.74 Å². The van der Waals surface area contributed by atoms with E-state index in [1.54, 1.807) is 35.8 Å². The van der Waals surface area contributed by atoms with Crippen molar-refractivity contribution in [1.29, 1.82) is 0 Å². The second-order valence-corrected chi connectivity index (χ2v) is 6.38. The van der Waals surface area contributed by atoms with Gasteiger partial charge in [0.05, 0.1) is 11.5 Å². The Morgan fingerprint density at radius 1 is 1.15 bits per heavy atom. The summed E-state index contributed by atoms with van der Waals surface area (Å²) in [4.78, 5) is 23.1. The molecule has 0 radical (unpaired) electrons. The Hall–Kier alpha value is -3.27. The molecule has 2 N–H and O–H groups in total. The van der Waals surface area contributed by atoms with Gasteiger partial charge in [0.25, 0.3) is 0 Å². The van der Waals surface area contributed by atoms with Crippen LogP contribution in [0.5, 0.6) is 5.75 Å². The van der Waals surface area contributed by atoms with Crippen LogP contribution in [0.15, 0.2) is 42.2 Å². The van der Waals surface area contributed by atoms with Gasteiger partial charge in [-0.2, -0.15) is 0 Å². The van der Waals surface area contributed by atoms with E-state index < -0.39 is 4.92 Å². The lowest BCUT2D eigenvalue weighted by Crippen LogP contribution is -2.05. The lowest BCUT2D eigenvalue weighted by atomic mass is 10.3. The van der Waals surface area contributed by atoms with Crippen LogP contribution in [0, 0.1) is 10.1 Å². The van der Waals surface area contributed by atoms with E-state index in [1.807, 2.05) is 0 Å². The van der Waals surface area contributed by atoms with Crippen LogP contribution in [0.4, 0.5) is 28.1 Å². The number of hydrogen-bond donors (Lipinski definition) is 2. The predicted molar refractivity (Wildman–Crippen MR) is 104 cm³/mol. The fourth-order valence-corrected chi connectivity index (χ4v) is 2.75. The van der Waals surface area contributed by atoms with Gasteiger partial charge in [-0.3, -0.25) is 10.1 Å². The topological polar surface area (TPSA) is 115 Å². The van der Waals surface area contributed by atoms with Gasteiger partial charge in [0.2, 0.25) is 11.6 Å². The van der Waals surface area contributed by atoms with Crippen molar-refractivity contribution in [3.05, 3.63) is 52.3 Å². The number of unbranched alkanes of at least 4 members (excludes halogenated alkanes) is 1. The minimum absolute atomic E-state index is 0.0759. The number of anilines is 4. The van der Waals surface area contributed by atoms with Crippen molar-refractivity contribution in [3.63, 3.8) is 0 Å². The number of nitrogens with zero attached hydrogens (tertiary/aromatic N) is 4. The number of benzene rings is 1. The van der Waals surface area contributed by atoms with Crippen molar-refractivity contribution < 1.29 is 9.66 Å². The Morgan fingerprint density at radius 3 is 2.52 bits per heavy atom. The lowest BCUT2D eigenvalue weighted by Gasteiger charge is -2.10. The maximum Gasteiger partial charge on any atom is 0.353 e. The van der Waals surface area contributed by atoms with E-state index in [9.17, 15) is 10.1 Å². The molecule has 9 nitrogen and oxygen atoms in total. The lowest BCUT2D eigenvalue weighted by molar-refractivity contribution is -0.383. The molecule has 3 rings (SSSR count). The number of thiazole rings is 1. The standard InChI is InChI=1S/C17H18N6O3S/c1-2-3-9-26-13-6-4-12(5-7-13)21-15-14(23(24)25)16(20-11-19-15)22-17-18-8-10-27-17/h4-8,10-11H,2-3,9H2,1H3,(H2,18,19,20,21,22). The van der Waals surface area contributed by atoms with Crippen LogP contribution in [0.2, 0.25) is 0 Å². The first-order chi connectivity index (χ1) is 13.2. The zero-order valence-electron chi connectivity index (χ0n) is 14.6. The van der Waals surface area contributed by atoms with E-state index in [0.717, 1.165) is 18.6 Å². The number of hydrogen-bond acceptors (Lipinski definition) is 9. The quantitative estimate of drug-likeness (QED) is 0.314. The molecule has 0 atom stereocenters. The second-order valence-electron chi connectivity index (χ2n) is 5.49. The molecule has 0 aliphatic rings. The van der Waals surface area contributed by atoms with Crippen molar-refractivity contribution in [3.8, 4) is 5.75 Å². The zero-order chi connectivity index (χ0) is 19.1. The molecule has 3 aromatic rings. The predicted octanol–water partition coefficient (Wildman–Crippen LogP) is 4.51. The molecule has 2 aromatic heterocycles. The van der Waals surface area contributed by atoms with E-state index in [-0.39, 0.29) is 17.3 Å². The van der Waals surface area contributed by atoms with Crippen molar-refractivity contribution >= 4 is 39.5 Å². The highest BCUT2D eigenvalue weighted by atomic mass is 32.1. The largest absolute Gasteiger partial charge is 0.494 e. The molecule has 140 valence electrons. The van der Waals surface area contributed by atoms with E-state index in [0.29, 0.717) is 17.4 Å². The molecule has 0 amide bonds. The molecule has 0 saturated carbocycles. The molecule has 0 fully saturated rings. The number of ether oxygens (including phenoxy) is 1. The van der Waals surface area contributed by atoms with Gasteiger partial charge in [-0.1, -0.05) is 13.3 Å². The Labute approximate surface area is 159 Å². The fraction of sp³-hybridized carbons (Fsp3) is 0.235. The number of nitro groups is 1. The molecule has 2 heterocycles. The Bertz CT molecular complexity index is 886. The van der Waals surface area contributed by atoms with Gasteiger partial charge in [-0.15, -0.1) is 11.3 Å². The summed E-state index contributed by atoms with van der Waals surface area (Å²) < 4.78 is 5.61. The maximum absolute atomic E-state index is 11.6. The summed E-state index contributed by atoms with van der Waals surface area (Å²) >= 11 is 1.32. The zero-order valence-corrected chi connectivity index (χ0v) is 15.4. The van der Waals surface area contributed by atoms with Crippen molar-refractivity contribution in [2.45, 2.75) is 19.8 Å². The first kappa shape index (κ1) is 18.5. The van der Waals surface area contributed by atoms with E-state index in [2.05, 4.69) is 32.5 Å². The first-order valence-electron chi connectivity index (χ1n) is 8.33. The number of rotatable bonds is 9. The Morgan fingerprint density at radius 2 is 1.89 bits per heavy atom. The molecule has 0 aliphatic carbocycles. The molecular weight excluding hydrogens is 368 g/mol. The van der Waals surface area contributed by atoms with E-state index >= 15 is 0 Å². The van der Waals surface area contributed by atoms with Crippen LogP contribution in [0.1, 0.15) is 19.8 Å². The molecule has 0 spiro atoms. The van der Waals surface area contributed by atoms with Gasteiger partial charge >= 0.3 is 5.69 Å². The molecular formula is C17H18N6O3S. The third kappa shape index (κ3) is 4.88. The summed E-state index contributed by atoms with van der Waals surface area (Å²) in [5, 5.41) is 19.7. The SMILES string of the molecule is CCCCOc1ccc(Nc2ncnc(Nc3nccs3)c2[N+](=O)[O-])cc1. The van der Waals surface area contributed by atoms with Crippen LogP contribution in [-0.2, 0) is 0 Å². The summed E-state index contributed by atoms with van der Waals surface area (Å²) in [6.07, 6.45) is 4.91. The normalized spacial score (nSPS) is 10.4. The molecule has 0 bridgehead atoms. The fourth-order valence-electron chi connectivity index (χ4n) is 2.23. The van der Waals surface area contributed by atoms with Crippen molar-refractivity contribution in [1.82, 2.24) is 15.0 Å². The first-order valence-corrected chi connectivity index (χ1v) is 9.21. The summed E-state index contributed by atoms with van der Waals surface area (Å²) in [6, 6.07) is 7.17. The van der Waals surface area contributed by atoms with Gasteiger partial charge in [0.15, 0.2) is 5.13 Å².